The SMILES string of the molecule is CON(C)C(=O)[C@@H]1CSCN1C(=O)OC(C)(C)C. The van der Waals surface area contributed by atoms with Gasteiger partial charge >= 0.3 is 6.09 Å². The van der Waals surface area contributed by atoms with E-state index in [1.165, 1.54) is 30.8 Å². The predicted molar refractivity (Wildman–Crippen MR) is 69.0 cm³/mol. The highest BCUT2D eigenvalue weighted by Crippen LogP contribution is 2.24. The zero-order chi connectivity index (χ0) is 13.9. The molecule has 0 N–H and O–H groups in total. The van der Waals surface area contributed by atoms with Gasteiger partial charge in [-0.05, 0) is 20.8 Å². The summed E-state index contributed by atoms with van der Waals surface area (Å²) < 4.78 is 5.28. The van der Waals surface area contributed by atoms with Gasteiger partial charge in [0.25, 0.3) is 5.91 Å². The lowest BCUT2D eigenvalue weighted by Crippen LogP contribution is -2.48. The van der Waals surface area contributed by atoms with Gasteiger partial charge < -0.3 is 4.74 Å². The lowest BCUT2D eigenvalue weighted by molar-refractivity contribution is -0.172. The van der Waals surface area contributed by atoms with Gasteiger partial charge in [-0.1, -0.05) is 0 Å². The van der Waals surface area contributed by atoms with Crippen LogP contribution in [0, 0.1) is 0 Å². The standard InChI is InChI=1S/C11H20N2O4S/c1-11(2,3)17-10(15)13-7-18-6-8(13)9(14)12(4)16-5/h8H,6-7H2,1-5H3/t8-/m0/s1. The third kappa shape index (κ3) is 3.78. The maximum absolute atomic E-state index is 12.0. The van der Waals surface area contributed by atoms with Crippen LogP contribution in [0.1, 0.15) is 20.8 Å². The zero-order valence-electron chi connectivity index (χ0n) is 11.4. The van der Waals surface area contributed by atoms with Crippen LogP contribution in [0.25, 0.3) is 0 Å². The summed E-state index contributed by atoms with van der Waals surface area (Å²) in [6.45, 7) is 5.39. The van der Waals surface area contributed by atoms with Gasteiger partial charge in [-0.15, -0.1) is 11.8 Å². The molecule has 1 aliphatic heterocycles. The van der Waals surface area contributed by atoms with Crippen LogP contribution < -0.4 is 0 Å². The molecule has 0 spiro atoms. The highest BCUT2D eigenvalue weighted by atomic mass is 32.2. The first-order chi connectivity index (χ1) is 8.26. The van der Waals surface area contributed by atoms with Crippen LogP contribution in [0.15, 0.2) is 0 Å². The Balaban J connectivity index is 2.70. The molecule has 6 nitrogen and oxygen atoms in total. The van der Waals surface area contributed by atoms with E-state index in [9.17, 15) is 9.59 Å². The van der Waals surface area contributed by atoms with Crippen molar-refractivity contribution >= 4 is 23.8 Å². The topological polar surface area (TPSA) is 59.1 Å². The van der Waals surface area contributed by atoms with Crippen LogP contribution in [0.3, 0.4) is 0 Å². The van der Waals surface area contributed by atoms with Crippen molar-refractivity contribution < 1.29 is 19.2 Å². The molecular weight excluding hydrogens is 256 g/mol. The lowest BCUT2D eigenvalue weighted by Gasteiger charge is -2.28. The Labute approximate surface area is 112 Å². The summed E-state index contributed by atoms with van der Waals surface area (Å²) in [6, 6.07) is -0.519. The molecule has 2 amide bonds. The fourth-order valence-corrected chi connectivity index (χ4v) is 2.58. The van der Waals surface area contributed by atoms with Crippen molar-refractivity contribution in [1.29, 1.82) is 0 Å². The maximum atomic E-state index is 12.0. The van der Waals surface area contributed by atoms with E-state index in [0.29, 0.717) is 11.6 Å². The van der Waals surface area contributed by atoms with Crippen LogP contribution in [0.5, 0.6) is 0 Å². The van der Waals surface area contributed by atoms with Crippen molar-refractivity contribution in [3.05, 3.63) is 0 Å². The minimum Gasteiger partial charge on any atom is -0.444 e. The van der Waals surface area contributed by atoms with E-state index < -0.39 is 17.7 Å². The zero-order valence-corrected chi connectivity index (χ0v) is 12.2. The van der Waals surface area contributed by atoms with E-state index >= 15 is 0 Å². The van der Waals surface area contributed by atoms with E-state index in [0.717, 1.165) is 5.06 Å². The van der Waals surface area contributed by atoms with Crippen LogP contribution in [-0.2, 0) is 14.4 Å². The highest BCUT2D eigenvalue weighted by Gasteiger charge is 2.38. The molecule has 0 aromatic carbocycles. The van der Waals surface area contributed by atoms with Crippen LogP contribution in [-0.4, -0.2) is 59.4 Å². The van der Waals surface area contributed by atoms with E-state index in [2.05, 4.69) is 0 Å². The number of hydrogen-bond acceptors (Lipinski definition) is 5. The Kier molecular flexibility index (Phi) is 4.86. The number of rotatable bonds is 2. The van der Waals surface area contributed by atoms with E-state index in [1.54, 1.807) is 20.8 Å². The largest absolute Gasteiger partial charge is 0.444 e. The number of carbonyl (C=O) groups excluding carboxylic acids is 2. The number of thioether (sulfide) groups is 1. The van der Waals surface area contributed by atoms with Gasteiger partial charge in [-0.25, -0.2) is 9.86 Å². The van der Waals surface area contributed by atoms with Gasteiger partial charge in [-0.2, -0.15) is 0 Å². The third-order valence-corrected chi connectivity index (χ3v) is 3.39. The molecule has 0 aliphatic carbocycles. The molecular formula is C11H20N2O4S. The van der Waals surface area contributed by atoms with Crippen molar-refractivity contribution in [3.63, 3.8) is 0 Å². The maximum Gasteiger partial charge on any atom is 0.411 e. The summed E-state index contributed by atoms with van der Waals surface area (Å²) in [7, 11) is 2.94. The van der Waals surface area contributed by atoms with E-state index in [1.807, 2.05) is 0 Å². The Morgan fingerprint density at radius 3 is 2.50 bits per heavy atom. The molecule has 0 aromatic rings. The minimum absolute atomic E-state index is 0.242. The molecule has 0 radical (unpaired) electrons. The summed E-state index contributed by atoms with van der Waals surface area (Å²) >= 11 is 1.52. The Bertz CT molecular complexity index is 329. The monoisotopic (exact) mass is 276 g/mol. The Morgan fingerprint density at radius 1 is 1.39 bits per heavy atom. The number of hydroxylamine groups is 2. The number of ether oxygens (including phenoxy) is 1. The molecule has 1 aliphatic rings. The first-order valence-electron chi connectivity index (χ1n) is 5.65. The number of nitrogens with zero attached hydrogens (tertiary/aromatic N) is 2. The smallest absolute Gasteiger partial charge is 0.411 e. The average Bonchev–Trinajstić information content (AvgIpc) is 2.73. The molecule has 1 rings (SSSR count). The van der Waals surface area contributed by atoms with Crippen molar-refractivity contribution in [2.75, 3.05) is 25.8 Å². The molecule has 7 heteroatoms. The number of hydrogen-bond donors (Lipinski definition) is 0. The second kappa shape index (κ2) is 5.79. The number of likely N-dealkylation sites (N-methyl/N-ethyl adjacent to an activating group) is 1. The number of carbonyl (C=O) groups is 2. The Hall–Kier alpha value is -0.950. The van der Waals surface area contributed by atoms with Crippen molar-refractivity contribution in [1.82, 2.24) is 9.96 Å². The summed E-state index contributed by atoms with van der Waals surface area (Å²) in [4.78, 5) is 30.2. The minimum atomic E-state index is -0.564. The van der Waals surface area contributed by atoms with Gasteiger partial charge in [-0.3, -0.25) is 14.5 Å². The second-order valence-electron chi connectivity index (χ2n) is 4.98. The molecule has 18 heavy (non-hydrogen) atoms. The molecule has 0 unspecified atom stereocenters. The van der Waals surface area contributed by atoms with Gasteiger partial charge in [0.15, 0.2) is 0 Å². The first kappa shape index (κ1) is 15.1. The third-order valence-electron chi connectivity index (χ3n) is 2.38. The van der Waals surface area contributed by atoms with Crippen LogP contribution in [0.4, 0.5) is 4.79 Å². The fraction of sp³-hybridized carbons (Fsp3) is 0.818. The molecule has 0 saturated carbocycles. The predicted octanol–water partition coefficient (Wildman–Crippen LogP) is 1.32. The van der Waals surface area contributed by atoms with Crippen molar-refractivity contribution in [2.45, 2.75) is 32.4 Å². The summed E-state index contributed by atoms with van der Waals surface area (Å²) in [5.41, 5.74) is -0.564. The molecule has 1 saturated heterocycles. The second-order valence-corrected chi connectivity index (χ2v) is 5.98. The van der Waals surface area contributed by atoms with Gasteiger partial charge in [0.2, 0.25) is 0 Å². The fourth-order valence-electron chi connectivity index (χ4n) is 1.45. The molecule has 1 fully saturated rings. The summed E-state index contributed by atoms with van der Waals surface area (Å²) in [5.74, 6) is 0.780. The normalized spacial score (nSPS) is 19.8. The first-order valence-corrected chi connectivity index (χ1v) is 6.81. The molecule has 0 bridgehead atoms. The molecule has 0 aromatic heterocycles. The van der Waals surface area contributed by atoms with Gasteiger partial charge in [0, 0.05) is 12.8 Å². The summed E-state index contributed by atoms with van der Waals surface area (Å²) in [6.07, 6.45) is -0.463. The Morgan fingerprint density at radius 2 is 2.00 bits per heavy atom. The van der Waals surface area contributed by atoms with E-state index in [4.69, 9.17) is 9.57 Å². The highest BCUT2D eigenvalue weighted by molar-refractivity contribution is 7.99. The lowest BCUT2D eigenvalue weighted by atomic mass is 10.2. The molecule has 1 heterocycles. The molecule has 104 valence electrons. The van der Waals surface area contributed by atoms with Gasteiger partial charge in [0.05, 0.1) is 13.0 Å². The van der Waals surface area contributed by atoms with Crippen LogP contribution in [0.2, 0.25) is 0 Å². The quantitative estimate of drug-likeness (QED) is 0.712. The average molecular weight is 276 g/mol. The van der Waals surface area contributed by atoms with Crippen molar-refractivity contribution in [3.8, 4) is 0 Å². The van der Waals surface area contributed by atoms with E-state index in [-0.39, 0.29) is 5.91 Å². The van der Waals surface area contributed by atoms with Crippen molar-refractivity contribution in [2.24, 2.45) is 0 Å². The number of amides is 2. The van der Waals surface area contributed by atoms with Gasteiger partial charge in [0.1, 0.15) is 11.6 Å². The van der Waals surface area contributed by atoms with Crippen LogP contribution >= 0.6 is 11.8 Å². The molecule has 1 atom stereocenters. The summed E-state index contributed by atoms with van der Waals surface area (Å²) in [5, 5.41) is 1.13.